The van der Waals surface area contributed by atoms with E-state index in [1.54, 1.807) is 0 Å². The molecule has 0 atom stereocenters. The molecule has 2 rings (SSSR count). The number of fused-ring (bicyclic) bond motifs is 1. The molecule has 0 unspecified atom stereocenters. The van der Waals surface area contributed by atoms with Gasteiger partial charge in [0.15, 0.2) is 0 Å². The van der Waals surface area contributed by atoms with Crippen LogP contribution in [0.25, 0.3) is 10.9 Å². The Morgan fingerprint density at radius 2 is 2.06 bits per heavy atom. The third kappa shape index (κ3) is 2.23. The van der Waals surface area contributed by atoms with Crippen LogP contribution in [0.2, 0.25) is 5.02 Å². The van der Waals surface area contributed by atoms with Crippen molar-refractivity contribution in [2.24, 2.45) is 5.73 Å². The van der Waals surface area contributed by atoms with Crippen LogP contribution in [0.5, 0.6) is 0 Å². The summed E-state index contributed by atoms with van der Waals surface area (Å²) in [7, 11) is 0. The van der Waals surface area contributed by atoms with Gasteiger partial charge in [0.05, 0.1) is 0 Å². The Morgan fingerprint density at radius 3 is 2.69 bits per heavy atom. The highest BCUT2D eigenvalue weighted by atomic mass is 35.5. The molecule has 16 heavy (non-hydrogen) atoms. The van der Waals surface area contributed by atoms with Crippen LogP contribution in [0.4, 0.5) is 0 Å². The average Bonchev–Trinajstić information content (AvgIpc) is 2.47. The Labute approximate surface area is 101 Å². The summed E-state index contributed by atoms with van der Waals surface area (Å²) in [5.41, 5.74) is 9.29. The Bertz CT molecular complexity index is 520. The molecule has 3 N–H and O–H groups in total. The second kappa shape index (κ2) is 3.79. The number of benzene rings is 1. The van der Waals surface area contributed by atoms with Gasteiger partial charge in [-0.1, -0.05) is 11.6 Å². The minimum atomic E-state index is -0.192. The van der Waals surface area contributed by atoms with Gasteiger partial charge in [-0.2, -0.15) is 0 Å². The molecule has 0 radical (unpaired) electrons. The lowest BCUT2D eigenvalue weighted by Gasteiger charge is -2.17. The van der Waals surface area contributed by atoms with Crippen molar-refractivity contribution in [3.8, 4) is 0 Å². The largest absolute Gasteiger partial charge is 0.361 e. The maximum Gasteiger partial charge on any atom is 0.0471 e. The number of nitrogens with two attached hydrogens (primary N) is 1. The average molecular weight is 237 g/mol. The quantitative estimate of drug-likeness (QED) is 0.825. The van der Waals surface area contributed by atoms with Crippen LogP contribution in [-0.4, -0.2) is 10.5 Å². The lowest BCUT2D eigenvalue weighted by Crippen LogP contribution is -2.34. The number of aryl methyl sites for hydroxylation is 1. The Hall–Kier alpha value is -0.990. The van der Waals surface area contributed by atoms with E-state index in [4.69, 9.17) is 17.3 Å². The summed E-state index contributed by atoms with van der Waals surface area (Å²) in [5.74, 6) is 0. The summed E-state index contributed by atoms with van der Waals surface area (Å²) in [6, 6.07) is 4.09. The van der Waals surface area contributed by atoms with Crippen molar-refractivity contribution < 1.29 is 0 Å². The highest BCUT2D eigenvalue weighted by Crippen LogP contribution is 2.27. The Morgan fingerprint density at radius 1 is 1.38 bits per heavy atom. The van der Waals surface area contributed by atoms with Crippen LogP contribution < -0.4 is 5.73 Å². The van der Waals surface area contributed by atoms with E-state index in [0.29, 0.717) is 0 Å². The monoisotopic (exact) mass is 236 g/mol. The second-order valence-corrected chi connectivity index (χ2v) is 5.53. The van der Waals surface area contributed by atoms with E-state index in [1.165, 1.54) is 10.9 Å². The van der Waals surface area contributed by atoms with Gasteiger partial charge in [0, 0.05) is 27.7 Å². The molecular weight excluding hydrogens is 220 g/mol. The first-order valence-corrected chi connectivity index (χ1v) is 5.79. The van der Waals surface area contributed by atoms with Crippen molar-refractivity contribution in [3.05, 3.63) is 34.5 Å². The molecule has 0 aliphatic carbocycles. The first kappa shape index (κ1) is 11.5. The number of nitrogens with one attached hydrogen (secondary N) is 1. The van der Waals surface area contributed by atoms with Crippen LogP contribution in [0.1, 0.15) is 25.0 Å². The summed E-state index contributed by atoms with van der Waals surface area (Å²) < 4.78 is 0. The number of halogens is 1. The molecule has 0 bridgehead atoms. The molecular formula is C13H17ClN2. The smallest absolute Gasteiger partial charge is 0.0471 e. The number of hydrogen-bond donors (Lipinski definition) is 2. The van der Waals surface area contributed by atoms with Crippen molar-refractivity contribution in [3.63, 3.8) is 0 Å². The first-order chi connectivity index (χ1) is 7.37. The van der Waals surface area contributed by atoms with Crippen molar-refractivity contribution >= 4 is 22.5 Å². The fourth-order valence-corrected chi connectivity index (χ4v) is 2.11. The van der Waals surface area contributed by atoms with E-state index in [2.05, 4.69) is 11.1 Å². The normalized spacial score (nSPS) is 12.3. The van der Waals surface area contributed by atoms with Crippen molar-refractivity contribution in [1.29, 1.82) is 0 Å². The molecule has 0 saturated heterocycles. The molecule has 2 nitrogen and oxygen atoms in total. The first-order valence-electron chi connectivity index (χ1n) is 5.42. The van der Waals surface area contributed by atoms with E-state index < -0.39 is 0 Å². The van der Waals surface area contributed by atoms with Crippen LogP contribution in [0, 0.1) is 6.92 Å². The lowest BCUT2D eigenvalue weighted by atomic mass is 9.95. The molecule has 1 aromatic heterocycles. The van der Waals surface area contributed by atoms with E-state index in [9.17, 15) is 0 Å². The zero-order valence-electron chi connectivity index (χ0n) is 9.89. The van der Waals surface area contributed by atoms with Crippen molar-refractivity contribution in [2.75, 3.05) is 0 Å². The van der Waals surface area contributed by atoms with Crippen LogP contribution >= 0.6 is 11.6 Å². The van der Waals surface area contributed by atoms with Gasteiger partial charge in [-0.3, -0.25) is 0 Å². The lowest BCUT2D eigenvalue weighted by molar-refractivity contribution is 0.518. The highest BCUT2D eigenvalue weighted by Gasteiger charge is 2.15. The summed E-state index contributed by atoms with van der Waals surface area (Å²) >= 11 is 6.09. The number of rotatable bonds is 2. The van der Waals surface area contributed by atoms with E-state index >= 15 is 0 Å². The van der Waals surface area contributed by atoms with Crippen LogP contribution in [0.3, 0.4) is 0 Å². The van der Waals surface area contributed by atoms with E-state index in [0.717, 1.165) is 22.5 Å². The van der Waals surface area contributed by atoms with Gasteiger partial charge in [-0.25, -0.2) is 0 Å². The number of H-pyrrole nitrogens is 1. The molecule has 0 fully saturated rings. The van der Waals surface area contributed by atoms with Gasteiger partial charge < -0.3 is 10.7 Å². The zero-order chi connectivity index (χ0) is 11.9. The highest BCUT2D eigenvalue weighted by molar-refractivity contribution is 6.32. The van der Waals surface area contributed by atoms with Crippen molar-refractivity contribution in [2.45, 2.75) is 32.7 Å². The fourth-order valence-electron chi connectivity index (χ4n) is 1.95. The maximum absolute atomic E-state index is 6.09. The second-order valence-electron chi connectivity index (χ2n) is 5.13. The van der Waals surface area contributed by atoms with Gasteiger partial charge in [0.25, 0.3) is 0 Å². The number of hydrogen-bond acceptors (Lipinski definition) is 1. The summed E-state index contributed by atoms with van der Waals surface area (Å²) in [6.45, 7) is 6.09. The van der Waals surface area contributed by atoms with Gasteiger partial charge >= 0.3 is 0 Å². The molecule has 3 heteroatoms. The minimum Gasteiger partial charge on any atom is -0.361 e. The third-order valence-electron chi connectivity index (χ3n) is 2.69. The summed E-state index contributed by atoms with van der Waals surface area (Å²) in [4.78, 5) is 3.24. The molecule has 0 spiro atoms. The Balaban J connectivity index is 2.52. The van der Waals surface area contributed by atoms with Gasteiger partial charge in [-0.15, -0.1) is 0 Å². The van der Waals surface area contributed by atoms with E-state index in [1.807, 2.05) is 33.0 Å². The summed E-state index contributed by atoms with van der Waals surface area (Å²) in [5, 5.41) is 2.02. The van der Waals surface area contributed by atoms with E-state index in [-0.39, 0.29) is 5.54 Å². The van der Waals surface area contributed by atoms with Gasteiger partial charge in [0.2, 0.25) is 0 Å². The topological polar surface area (TPSA) is 41.8 Å². The molecule has 86 valence electrons. The molecule has 1 aromatic carbocycles. The molecule has 0 aliphatic rings. The molecule has 1 heterocycles. The zero-order valence-corrected chi connectivity index (χ0v) is 10.7. The minimum absolute atomic E-state index is 0.192. The SMILES string of the molecule is Cc1cc2c(CC(C)(C)N)c[nH]c2cc1Cl. The third-order valence-corrected chi connectivity index (χ3v) is 3.10. The molecule has 0 aliphatic heterocycles. The predicted molar refractivity (Wildman–Crippen MR) is 70.0 cm³/mol. The molecule has 0 saturated carbocycles. The molecule has 2 aromatic rings. The van der Waals surface area contributed by atoms with Crippen LogP contribution in [-0.2, 0) is 6.42 Å². The van der Waals surface area contributed by atoms with Gasteiger partial charge in [-0.05, 0) is 50.5 Å². The van der Waals surface area contributed by atoms with Crippen molar-refractivity contribution in [1.82, 2.24) is 4.98 Å². The Kier molecular flexibility index (Phi) is 2.72. The number of aromatic nitrogens is 1. The van der Waals surface area contributed by atoms with Crippen LogP contribution in [0.15, 0.2) is 18.3 Å². The van der Waals surface area contributed by atoms with Gasteiger partial charge in [0.1, 0.15) is 0 Å². The standard InChI is InChI=1S/C13H17ClN2/c1-8-4-10-9(6-13(2,3)15)7-16-12(10)5-11(8)14/h4-5,7,16H,6,15H2,1-3H3. The molecule has 0 amide bonds. The predicted octanol–water partition coefficient (Wildman–Crippen LogP) is 3.41. The number of aromatic amines is 1. The fraction of sp³-hybridized carbons (Fsp3) is 0.385. The summed E-state index contributed by atoms with van der Waals surface area (Å²) in [6.07, 6.45) is 2.88. The maximum atomic E-state index is 6.09.